The average Bonchev–Trinajstić information content (AvgIpc) is 3.26. The van der Waals surface area contributed by atoms with Gasteiger partial charge in [0.1, 0.15) is 36.8 Å². The van der Waals surface area contributed by atoms with Gasteiger partial charge >= 0.3 is 11.9 Å². The second-order valence-electron chi connectivity index (χ2n) is 17.8. The van der Waals surface area contributed by atoms with Crippen molar-refractivity contribution in [3.63, 3.8) is 0 Å². The van der Waals surface area contributed by atoms with E-state index in [-0.39, 0.29) is 19.4 Å². The van der Waals surface area contributed by atoms with Gasteiger partial charge in [0.05, 0.1) is 6.61 Å². The molecule has 0 aromatic heterocycles. The van der Waals surface area contributed by atoms with Crippen LogP contribution < -0.4 is 0 Å². The Hall–Kier alpha value is -2.13. The fourth-order valence-electron chi connectivity index (χ4n) is 7.81. The predicted molar refractivity (Wildman–Crippen MR) is 256 cm³/mol. The molecule has 0 aromatic rings. The van der Waals surface area contributed by atoms with E-state index < -0.39 is 71.2 Å². The lowest BCUT2D eigenvalue weighted by atomic mass is 10.00. The third-order valence-electron chi connectivity index (χ3n) is 11.7. The highest BCUT2D eigenvalue weighted by atomic mass is 32.2. The minimum absolute atomic E-state index is 0.155. The maximum absolute atomic E-state index is 12.9. The van der Waals surface area contributed by atoms with Gasteiger partial charge in [-0.25, -0.2) is 0 Å². The summed E-state index contributed by atoms with van der Waals surface area (Å²) in [6, 6.07) is 0. The van der Waals surface area contributed by atoms with Crippen molar-refractivity contribution in [3.05, 3.63) is 36.5 Å². The molecular formula is C51H92O12S. The molecule has 0 saturated carbocycles. The van der Waals surface area contributed by atoms with Gasteiger partial charge < -0.3 is 34.3 Å². The molecule has 1 saturated heterocycles. The standard InChI is InChI=1S/C51H92O12S/c1-3-5-7-9-11-13-15-17-19-21-22-24-25-27-29-31-33-35-37-39-46(52)60-41-44(42-61-51-50(56)49(55)48(54)45(63-51)43-64(57,58)59)62-47(53)40-38-36-34-32-30-28-26-23-20-18-16-14-12-10-8-6-4-2/h6,8,12,14,18,20,44-45,48-51,54-56H,3-5,7,9-11,13,15-17,19,21-43H2,1-2H3,(H,57,58,59)/b8-6-,14-12-,20-18-. The Kier molecular flexibility index (Phi) is 38.4. The normalized spacial score (nSPS) is 19.9. The topological polar surface area (TPSA) is 186 Å². The van der Waals surface area contributed by atoms with E-state index in [0.29, 0.717) is 12.8 Å². The molecule has 0 aromatic carbocycles. The molecule has 64 heavy (non-hydrogen) atoms. The molecule has 12 nitrogen and oxygen atoms in total. The summed E-state index contributed by atoms with van der Waals surface area (Å²) < 4.78 is 54.2. The summed E-state index contributed by atoms with van der Waals surface area (Å²) in [6.07, 6.45) is 39.0. The molecule has 1 aliphatic rings. The second kappa shape index (κ2) is 41.1. The van der Waals surface area contributed by atoms with Crippen molar-refractivity contribution < 1.29 is 56.8 Å². The first-order valence-corrected chi connectivity index (χ1v) is 27.2. The lowest BCUT2D eigenvalue weighted by molar-refractivity contribution is -0.297. The molecule has 13 heteroatoms. The Balaban J connectivity index is 2.37. The van der Waals surface area contributed by atoms with Gasteiger partial charge in [0.25, 0.3) is 10.1 Å². The maximum Gasteiger partial charge on any atom is 0.306 e. The fourth-order valence-corrected chi connectivity index (χ4v) is 8.50. The van der Waals surface area contributed by atoms with Gasteiger partial charge in [0.15, 0.2) is 12.4 Å². The number of aliphatic hydroxyl groups is 3. The molecule has 0 bridgehead atoms. The quantitative estimate of drug-likeness (QED) is 0.0196. The molecule has 1 aliphatic heterocycles. The first-order chi connectivity index (χ1) is 31.0. The number of carbonyl (C=O) groups is 2. The van der Waals surface area contributed by atoms with Crippen molar-refractivity contribution in [2.24, 2.45) is 0 Å². The molecule has 1 fully saturated rings. The zero-order chi connectivity index (χ0) is 46.9. The SMILES string of the molecule is CC/C=C\C/C=C\C/C=C\CCCCCCCCCC(=O)OC(COC(=O)CCCCCCCCCCCCCCCCCCCCC)COC1OC(CS(=O)(=O)O)C(O)C(O)C1O. The molecule has 4 N–H and O–H groups in total. The number of hydrogen-bond acceptors (Lipinski definition) is 11. The highest BCUT2D eigenvalue weighted by molar-refractivity contribution is 7.85. The number of rotatable bonds is 43. The highest BCUT2D eigenvalue weighted by Gasteiger charge is 2.46. The van der Waals surface area contributed by atoms with Gasteiger partial charge in [0, 0.05) is 12.8 Å². The second-order valence-corrected chi connectivity index (χ2v) is 19.3. The van der Waals surface area contributed by atoms with Gasteiger partial charge in [0.2, 0.25) is 0 Å². The Morgan fingerprint density at radius 2 is 0.984 bits per heavy atom. The van der Waals surface area contributed by atoms with Crippen LogP contribution in [0.3, 0.4) is 0 Å². The van der Waals surface area contributed by atoms with E-state index in [1.807, 2.05) is 0 Å². The summed E-state index contributed by atoms with van der Waals surface area (Å²) in [5, 5.41) is 31.0. The molecule has 6 unspecified atom stereocenters. The summed E-state index contributed by atoms with van der Waals surface area (Å²) in [7, 11) is -4.61. The minimum Gasteiger partial charge on any atom is -0.462 e. The summed E-state index contributed by atoms with van der Waals surface area (Å²) in [4.78, 5) is 25.5. The fraction of sp³-hybridized carbons (Fsp3) is 0.843. The zero-order valence-corrected chi connectivity index (χ0v) is 41.0. The van der Waals surface area contributed by atoms with Gasteiger partial charge in [-0.3, -0.25) is 14.1 Å². The Morgan fingerprint density at radius 3 is 1.47 bits per heavy atom. The third kappa shape index (κ3) is 35.1. The number of ether oxygens (including phenoxy) is 4. The largest absolute Gasteiger partial charge is 0.462 e. The van der Waals surface area contributed by atoms with Crippen molar-refractivity contribution >= 4 is 22.1 Å². The van der Waals surface area contributed by atoms with Crippen LogP contribution >= 0.6 is 0 Å². The van der Waals surface area contributed by atoms with E-state index in [1.165, 1.54) is 96.3 Å². The molecule has 0 spiro atoms. The van der Waals surface area contributed by atoms with E-state index in [2.05, 4.69) is 50.3 Å². The lowest BCUT2D eigenvalue weighted by Gasteiger charge is -2.40. The van der Waals surface area contributed by atoms with E-state index in [4.69, 9.17) is 18.9 Å². The van der Waals surface area contributed by atoms with Gasteiger partial charge in [-0.1, -0.05) is 198 Å². The van der Waals surface area contributed by atoms with E-state index >= 15 is 0 Å². The monoisotopic (exact) mass is 929 g/mol. The van der Waals surface area contributed by atoms with E-state index in [0.717, 1.165) is 83.5 Å². The number of unbranched alkanes of at least 4 members (excludes halogenated alkanes) is 25. The van der Waals surface area contributed by atoms with Crippen LogP contribution in [-0.2, 0) is 38.7 Å². The van der Waals surface area contributed by atoms with Crippen LogP contribution in [-0.4, -0.2) is 96.0 Å². The van der Waals surface area contributed by atoms with Crippen molar-refractivity contribution in [1.82, 2.24) is 0 Å². The van der Waals surface area contributed by atoms with Crippen LogP contribution in [0.25, 0.3) is 0 Å². The van der Waals surface area contributed by atoms with Gasteiger partial charge in [-0.15, -0.1) is 0 Å². The number of allylic oxidation sites excluding steroid dienone is 6. The number of hydrogen-bond donors (Lipinski definition) is 4. The van der Waals surface area contributed by atoms with Crippen LogP contribution in [0.1, 0.15) is 219 Å². The number of aliphatic hydroxyl groups excluding tert-OH is 3. The van der Waals surface area contributed by atoms with Crippen LogP contribution in [0, 0.1) is 0 Å². The molecule has 0 amide bonds. The predicted octanol–water partition coefficient (Wildman–Crippen LogP) is 11.3. The molecular weight excluding hydrogens is 837 g/mol. The number of esters is 2. The van der Waals surface area contributed by atoms with Crippen LogP contribution in [0.5, 0.6) is 0 Å². The van der Waals surface area contributed by atoms with Crippen LogP contribution in [0.4, 0.5) is 0 Å². The maximum atomic E-state index is 12.9. The summed E-state index contributed by atoms with van der Waals surface area (Å²) in [5.41, 5.74) is 0. The van der Waals surface area contributed by atoms with Gasteiger partial charge in [-0.2, -0.15) is 8.42 Å². The van der Waals surface area contributed by atoms with Crippen LogP contribution in [0.2, 0.25) is 0 Å². The smallest absolute Gasteiger partial charge is 0.306 e. The first-order valence-electron chi connectivity index (χ1n) is 25.5. The van der Waals surface area contributed by atoms with Gasteiger partial charge in [-0.05, 0) is 44.9 Å². The molecule has 0 aliphatic carbocycles. The van der Waals surface area contributed by atoms with E-state index in [1.54, 1.807) is 0 Å². The van der Waals surface area contributed by atoms with Crippen molar-refractivity contribution in [2.45, 2.75) is 256 Å². The average molecular weight is 929 g/mol. The summed E-state index contributed by atoms with van der Waals surface area (Å²) >= 11 is 0. The third-order valence-corrected chi connectivity index (χ3v) is 12.5. The molecule has 374 valence electrons. The van der Waals surface area contributed by atoms with E-state index in [9.17, 15) is 37.9 Å². The first kappa shape index (κ1) is 59.9. The molecule has 1 rings (SSSR count). The number of carbonyl (C=O) groups excluding carboxylic acids is 2. The van der Waals surface area contributed by atoms with Crippen molar-refractivity contribution in [1.29, 1.82) is 0 Å². The zero-order valence-electron chi connectivity index (χ0n) is 40.1. The Labute approximate surface area is 389 Å². The van der Waals surface area contributed by atoms with Crippen molar-refractivity contribution in [3.8, 4) is 0 Å². The minimum atomic E-state index is -4.61. The molecule has 6 atom stereocenters. The highest BCUT2D eigenvalue weighted by Crippen LogP contribution is 2.24. The van der Waals surface area contributed by atoms with Crippen molar-refractivity contribution in [2.75, 3.05) is 19.0 Å². The molecule has 0 radical (unpaired) electrons. The Morgan fingerprint density at radius 1 is 0.547 bits per heavy atom. The Bertz CT molecular complexity index is 1320. The summed E-state index contributed by atoms with van der Waals surface area (Å²) in [6.45, 7) is 3.67. The molecule has 1 heterocycles. The summed E-state index contributed by atoms with van der Waals surface area (Å²) in [5.74, 6) is -1.99. The lowest BCUT2D eigenvalue weighted by Crippen LogP contribution is -2.60. The van der Waals surface area contributed by atoms with Crippen LogP contribution in [0.15, 0.2) is 36.5 Å².